The van der Waals surface area contributed by atoms with Gasteiger partial charge < -0.3 is 4.74 Å². The second-order valence-electron chi connectivity index (χ2n) is 4.47. The van der Waals surface area contributed by atoms with Gasteiger partial charge in [0.1, 0.15) is 0 Å². The molecule has 0 aliphatic heterocycles. The van der Waals surface area contributed by atoms with Gasteiger partial charge in [-0.15, -0.1) is 0 Å². The highest BCUT2D eigenvalue weighted by Gasteiger charge is 2.22. The molecule has 0 aromatic heterocycles. The first kappa shape index (κ1) is 16.0. The molecule has 0 radical (unpaired) electrons. The highest BCUT2D eigenvalue weighted by atomic mass is 19.2. The highest BCUT2D eigenvalue weighted by Crippen LogP contribution is 2.17. The van der Waals surface area contributed by atoms with E-state index in [0.29, 0.717) is 18.6 Å². The summed E-state index contributed by atoms with van der Waals surface area (Å²) in [5.41, 5.74) is 2.96. The van der Waals surface area contributed by atoms with E-state index in [2.05, 4.69) is 5.43 Å². The van der Waals surface area contributed by atoms with E-state index in [9.17, 15) is 8.78 Å². The van der Waals surface area contributed by atoms with Crippen LogP contribution in [0.3, 0.4) is 0 Å². The molecule has 108 valence electrons. The van der Waals surface area contributed by atoms with Gasteiger partial charge in [-0.3, -0.25) is 11.3 Å². The maximum Gasteiger partial charge on any atom is 0.162 e. The van der Waals surface area contributed by atoms with Gasteiger partial charge in [0.2, 0.25) is 0 Å². The fourth-order valence-electron chi connectivity index (χ4n) is 2.14. The Morgan fingerprint density at radius 3 is 2.63 bits per heavy atom. The van der Waals surface area contributed by atoms with E-state index in [4.69, 9.17) is 10.6 Å². The van der Waals surface area contributed by atoms with E-state index in [1.165, 1.54) is 6.07 Å². The Bertz CT molecular complexity index is 382. The number of nitrogens with one attached hydrogen (secondary N) is 1. The van der Waals surface area contributed by atoms with Gasteiger partial charge in [-0.05, 0) is 31.4 Å². The predicted octanol–water partition coefficient (Wildman–Crippen LogP) is 2.54. The smallest absolute Gasteiger partial charge is 0.162 e. The van der Waals surface area contributed by atoms with Crippen LogP contribution in [-0.2, 0) is 11.2 Å². The van der Waals surface area contributed by atoms with Crippen molar-refractivity contribution in [3.63, 3.8) is 0 Å². The first-order valence-corrected chi connectivity index (χ1v) is 6.64. The summed E-state index contributed by atoms with van der Waals surface area (Å²) < 4.78 is 32.4. The lowest BCUT2D eigenvalue weighted by Gasteiger charge is -2.26. The fraction of sp³-hybridized carbons (Fsp3) is 0.571. The lowest BCUT2D eigenvalue weighted by atomic mass is 9.98. The molecule has 1 aromatic rings. The van der Waals surface area contributed by atoms with Crippen molar-refractivity contribution in [2.24, 2.45) is 5.84 Å². The summed E-state index contributed by atoms with van der Waals surface area (Å²) in [5, 5.41) is 0. The number of hydrogen-bond acceptors (Lipinski definition) is 3. The molecule has 2 atom stereocenters. The minimum Gasteiger partial charge on any atom is -0.377 e. The van der Waals surface area contributed by atoms with Gasteiger partial charge in [-0.25, -0.2) is 8.78 Å². The van der Waals surface area contributed by atoms with E-state index >= 15 is 0 Å². The van der Waals surface area contributed by atoms with Crippen molar-refractivity contribution in [3.05, 3.63) is 35.4 Å². The van der Waals surface area contributed by atoms with Crippen molar-refractivity contribution in [2.45, 2.75) is 45.3 Å². The Morgan fingerprint density at radius 1 is 1.32 bits per heavy atom. The Balaban J connectivity index is 2.82. The molecule has 19 heavy (non-hydrogen) atoms. The van der Waals surface area contributed by atoms with Gasteiger partial charge in [0.05, 0.1) is 12.1 Å². The molecule has 3 N–H and O–H groups in total. The highest BCUT2D eigenvalue weighted by molar-refractivity contribution is 5.20. The third-order valence-electron chi connectivity index (χ3n) is 3.09. The summed E-state index contributed by atoms with van der Waals surface area (Å²) in [6.07, 6.45) is 1.95. The number of rotatable bonds is 8. The standard InChI is InChI=1S/C14H22F2N2O/c1-3-6-13(19-4-2)12(18-17)9-10-7-5-8-11(15)14(10)16/h5,7-8,12-13,18H,3-4,6,9,17H2,1-2H3. The van der Waals surface area contributed by atoms with Crippen molar-refractivity contribution in [2.75, 3.05) is 6.61 Å². The zero-order valence-corrected chi connectivity index (χ0v) is 11.5. The van der Waals surface area contributed by atoms with Crippen LogP contribution >= 0.6 is 0 Å². The van der Waals surface area contributed by atoms with E-state index in [-0.39, 0.29) is 12.1 Å². The van der Waals surface area contributed by atoms with Crippen LogP contribution in [0.4, 0.5) is 8.78 Å². The molecular weight excluding hydrogens is 250 g/mol. The lowest BCUT2D eigenvalue weighted by Crippen LogP contribution is -2.46. The monoisotopic (exact) mass is 272 g/mol. The van der Waals surface area contributed by atoms with Gasteiger partial charge in [0, 0.05) is 6.61 Å². The second kappa shape index (κ2) is 8.19. The van der Waals surface area contributed by atoms with Crippen LogP contribution < -0.4 is 11.3 Å². The molecule has 0 saturated carbocycles. The van der Waals surface area contributed by atoms with Crippen LogP contribution in [0.2, 0.25) is 0 Å². The molecule has 1 aromatic carbocycles. The number of nitrogens with two attached hydrogens (primary N) is 1. The van der Waals surface area contributed by atoms with E-state index < -0.39 is 11.6 Å². The first-order chi connectivity index (χ1) is 9.13. The summed E-state index contributed by atoms with van der Waals surface area (Å²) in [6.45, 7) is 4.51. The summed E-state index contributed by atoms with van der Waals surface area (Å²) in [7, 11) is 0. The van der Waals surface area contributed by atoms with Crippen LogP contribution in [0.5, 0.6) is 0 Å². The molecule has 2 unspecified atom stereocenters. The molecule has 0 amide bonds. The van der Waals surface area contributed by atoms with Crippen LogP contribution in [0.15, 0.2) is 18.2 Å². The third-order valence-corrected chi connectivity index (χ3v) is 3.09. The third kappa shape index (κ3) is 4.53. The number of halogens is 2. The van der Waals surface area contributed by atoms with Crippen LogP contribution in [-0.4, -0.2) is 18.8 Å². The van der Waals surface area contributed by atoms with Gasteiger partial charge in [-0.1, -0.05) is 25.5 Å². The molecule has 3 nitrogen and oxygen atoms in total. The molecule has 0 bridgehead atoms. The number of hydrogen-bond donors (Lipinski definition) is 2. The summed E-state index contributed by atoms with van der Waals surface area (Å²) in [6, 6.07) is 3.93. The summed E-state index contributed by atoms with van der Waals surface area (Å²) in [5.74, 6) is 3.88. The minimum atomic E-state index is -0.836. The average Bonchev–Trinajstić information content (AvgIpc) is 2.40. The van der Waals surface area contributed by atoms with Crippen LogP contribution in [0.25, 0.3) is 0 Å². The van der Waals surface area contributed by atoms with Gasteiger partial charge in [0.25, 0.3) is 0 Å². The largest absolute Gasteiger partial charge is 0.377 e. The van der Waals surface area contributed by atoms with Gasteiger partial charge in [0.15, 0.2) is 11.6 Å². The molecule has 0 saturated heterocycles. The number of hydrazine groups is 1. The zero-order chi connectivity index (χ0) is 14.3. The molecule has 0 fully saturated rings. The fourth-order valence-corrected chi connectivity index (χ4v) is 2.14. The Hall–Kier alpha value is -1.04. The van der Waals surface area contributed by atoms with Crippen LogP contribution in [0, 0.1) is 11.6 Å². The van der Waals surface area contributed by atoms with Crippen molar-refractivity contribution in [1.82, 2.24) is 5.43 Å². The zero-order valence-electron chi connectivity index (χ0n) is 11.5. The molecule has 0 heterocycles. The average molecular weight is 272 g/mol. The number of ether oxygens (including phenoxy) is 1. The molecule has 1 rings (SSSR count). The maximum atomic E-state index is 13.6. The van der Waals surface area contributed by atoms with Gasteiger partial charge in [-0.2, -0.15) is 0 Å². The molecule has 0 aliphatic rings. The quantitative estimate of drug-likeness (QED) is 0.565. The van der Waals surface area contributed by atoms with Crippen molar-refractivity contribution >= 4 is 0 Å². The van der Waals surface area contributed by atoms with Crippen molar-refractivity contribution in [3.8, 4) is 0 Å². The lowest BCUT2D eigenvalue weighted by molar-refractivity contribution is 0.0279. The number of benzene rings is 1. The SMILES string of the molecule is CCCC(OCC)C(Cc1cccc(F)c1F)NN. The Kier molecular flexibility index (Phi) is 6.91. The summed E-state index contributed by atoms with van der Waals surface area (Å²) >= 11 is 0. The van der Waals surface area contributed by atoms with Crippen molar-refractivity contribution < 1.29 is 13.5 Å². The first-order valence-electron chi connectivity index (χ1n) is 6.64. The van der Waals surface area contributed by atoms with Crippen LogP contribution in [0.1, 0.15) is 32.3 Å². The van der Waals surface area contributed by atoms with E-state index in [0.717, 1.165) is 18.9 Å². The van der Waals surface area contributed by atoms with E-state index in [1.807, 2.05) is 13.8 Å². The maximum absolute atomic E-state index is 13.6. The topological polar surface area (TPSA) is 47.3 Å². The Labute approximate surface area is 113 Å². The predicted molar refractivity (Wildman–Crippen MR) is 71.5 cm³/mol. The van der Waals surface area contributed by atoms with E-state index in [1.54, 1.807) is 6.07 Å². The Morgan fingerprint density at radius 2 is 2.05 bits per heavy atom. The molecule has 0 aliphatic carbocycles. The molecule has 0 spiro atoms. The molecule has 5 heteroatoms. The second-order valence-corrected chi connectivity index (χ2v) is 4.47. The normalized spacial score (nSPS) is 14.4. The summed E-state index contributed by atoms with van der Waals surface area (Å²) in [4.78, 5) is 0. The minimum absolute atomic E-state index is 0.109. The van der Waals surface area contributed by atoms with Gasteiger partial charge >= 0.3 is 0 Å². The van der Waals surface area contributed by atoms with Crippen molar-refractivity contribution in [1.29, 1.82) is 0 Å². The molecular formula is C14H22F2N2O.